The highest BCUT2D eigenvalue weighted by molar-refractivity contribution is 7.24. The lowest BCUT2D eigenvalue weighted by atomic mass is 10.0. The van der Waals surface area contributed by atoms with Crippen molar-refractivity contribution in [3.8, 4) is 40.9 Å². The van der Waals surface area contributed by atoms with Crippen molar-refractivity contribution in [3.05, 3.63) is 57.3 Å². The molecule has 5 aromatic heterocycles. The molecule has 5 rings (SSSR count). The van der Waals surface area contributed by atoms with E-state index in [0.29, 0.717) is 11.6 Å². The number of unbranched alkanes of at least 4 members (excludes halogenated alkanes) is 20. The van der Waals surface area contributed by atoms with Crippen LogP contribution in [0.1, 0.15) is 203 Å². The molecule has 0 aliphatic carbocycles. The molecule has 0 unspecified atom stereocenters. The molecule has 0 radical (unpaired) electrons. The van der Waals surface area contributed by atoms with Crippen molar-refractivity contribution in [1.29, 1.82) is 0 Å². The number of nitrogens with zero attached hydrogens (tertiary/aromatic N) is 4. The van der Waals surface area contributed by atoms with Crippen molar-refractivity contribution >= 4 is 45.3 Å². The van der Waals surface area contributed by atoms with Gasteiger partial charge in [0.1, 0.15) is 0 Å². The predicted molar refractivity (Wildman–Crippen MR) is 259 cm³/mol. The molecule has 5 aromatic rings. The minimum Gasteiger partial charge on any atom is -0.139 e. The lowest BCUT2D eigenvalue weighted by Gasteiger charge is -2.05. The van der Waals surface area contributed by atoms with Gasteiger partial charge in [0.15, 0.2) is 0 Å². The number of thiophene rings is 4. The SMILES string of the molecule is CCCCCCCCc1cc(-c2ccc(-c3nnc(-c4ccc(-c5cc(CCCCCCCC)c(CCCCCCCC)s5)s4)nn3)s2)sc1CCCCCCCC. The zero-order valence-electron chi connectivity index (χ0n) is 36.7. The summed E-state index contributed by atoms with van der Waals surface area (Å²) in [5.41, 5.74) is 3.17. The summed E-state index contributed by atoms with van der Waals surface area (Å²) in [5.74, 6) is 1.23. The number of hydrogen-bond donors (Lipinski definition) is 0. The quantitative estimate of drug-likeness (QED) is 0.0404. The molecular formula is C50H74N4S4. The molecule has 0 atom stereocenters. The van der Waals surface area contributed by atoms with Crippen molar-refractivity contribution in [1.82, 2.24) is 20.4 Å². The zero-order chi connectivity index (χ0) is 40.6. The van der Waals surface area contributed by atoms with Gasteiger partial charge in [-0.3, -0.25) is 0 Å². The van der Waals surface area contributed by atoms with Gasteiger partial charge in [-0.15, -0.1) is 65.7 Å². The molecule has 0 saturated heterocycles. The predicted octanol–water partition coefficient (Wildman–Crippen LogP) is 17.8. The van der Waals surface area contributed by atoms with Crippen LogP contribution in [-0.4, -0.2) is 20.4 Å². The van der Waals surface area contributed by atoms with Gasteiger partial charge in [-0.1, -0.05) is 156 Å². The van der Waals surface area contributed by atoms with E-state index in [-0.39, 0.29) is 0 Å². The normalized spacial score (nSPS) is 11.7. The van der Waals surface area contributed by atoms with Gasteiger partial charge in [-0.05, 0) is 98.9 Å². The Balaban J connectivity index is 1.22. The van der Waals surface area contributed by atoms with Crippen LogP contribution in [0.25, 0.3) is 40.9 Å². The third-order valence-electron chi connectivity index (χ3n) is 11.5. The van der Waals surface area contributed by atoms with Crippen LogP contribution in [0.5, 0.6) is 0 Å². The van der Waals surface area contributed by atoms with E-state index >= 15 is 0 Å². The smallest absolute Gasteiger partial charge is 0.139 e. The van der Waals surface area contributed by atoms with E-state index in [1.54, 1.807) is 43.6 Å². The fourth-order valence-electron chi connectivity index (χ4n) is 7.95. The summed E-state index contributed by atoms with van der Waals surface area (Å²) in [6, 6.07) is 13.8. The molecule has 0 bridgehead atoms. The van der Waals surface area contributed by atoms with Crippen molar-refractivity contribution in [2.45, 2.75) is 207 Å². The first-order chi connectivity index (χ1) is 28.6. The molecular weight excluding hydrogens is 785 g/mol. The van der Waals surface area contributed by atoms with Crippen LogP contribution in [-0.2, 0) is 25.7 Å². The lowest BCUT2D eigenvalue weighted by Crippen LogP contribution is -1.97. The molecule has 0 N–H and O–H groups in total. The highest BCUT2D eigenvalue weighted by atomic mass is 32.1. The summed E-state index contributed by atoms with van der Waals surface area (Å²) in [6.07, 6.45) is 37.2. The monoisotopic (exact) mass is 858 g/mol. The van der Waals surface area contributed by atoms with E-state index in [1.807, 2.05) is 22.7 Å². The molecule has 0 amide bonds. The molecule has 0 spiro atoms. The van der Waals surface area contributed by atoms with Gasteiger partial charge in [0, 0.05) is 29.3 Å². The van der Waals surface area contributed by atoms with Crippen LogP contribution in [0.3, 0.4) is 0 Å². The first kappa shape index (κ1) is 46.8. The average Bonchev–Trinajstić information content (AvgIpc) is 4.08. The van der Waals surface area contributed by atoms with Crippen LogP contribution >= 0.6 is 45.3 Å². The maximum Gasteiger partial charge on any atom is 0.213 e. The Morgan fingerprint density at radius 2 is 0.603 bits per heavy atom. The van der Waals surface area contributed by atoms with E-state index in [0.717, 1.165) is 9.75 Å². The fraction of sp³-hybridized carbons (Fsp3) is 0.640. The standard InChI is InChI=1S/C50H74N4S4/c1-5-9-13-17-21-25-29-39-37-47(55-41(39)31-27-23-19-15-11-7-3)43-33-35-45(57-43)49-51-53-50(54-52-49)46-36-34-44(58-46)48-38-40(30-26-22-18-14-10-6-2)42(56-48)32-28-24-20-16-12-8-4/h33-38H,5-32H2,1-4H3. The Kier molecular flexibility index (Phi) is 22.2. The Bertz CT molecular complexity index is 1610. The van der Waals surface area contributed by atoms with Crippen molar-refractivity contribution < 1.29 is 0 Å². The number of aromatic nitrogens is 4. The highest BCUT2D eigenvalue weighted by Gasteiger charge is 2.17. The zero-order valence-corrected chi connectivity index (χ0v) is 40.0. The first-order valence-corrected chi connectivity index (χ1v) is 26.9. The van der Waals surface area contributed by atoms with Crippen molar-refractivity contribution in [3.63, 3.8) is 0 Å². The number of rotatable bonds is 32. The van der Waals surface area contributed by atoms with Crippen LogP contribution in [0, 0.1) is 0 Å². The summed E-state index contributed by atoms with van der Waals surface area (Å²) in [6.45, 7) is 9.20. The van der Waals surface area contributed by atoms with E-state index in [1.165, 1.54) is 199 Å². The lowest BCUT2D eigenvalue weighted by molar-refractivity contribution is 0.601. The molecule has 5 heterocycles. The molecule has 0 fully saturated rings. The van der Waals surface area contributed by atoms with Gasteiger partial charge in [-0.2, -0.15) is 0 Å². The third-order valence-corrected chi connectivity index (χ3v) is 16.6. The minimum atomic E-state index is 0.616. The maximum atomic E-state index is 4.62. The molecule has 58 heavy (non-hydrogen) atoms. The number of hydrogen-bond acceptors (Lipinski definition) is 8. The van der Waals surface area contributed by atoms with Gasteiger partial charge < -0.3 is 0 Å². The van der Waals surface area contributed by atoms with Gasteiger partial charge >= 0.3 is 0 Å². The topological polar surface area (TPSA) is 51.6 Å². The van der Waals surface area contributed by atoms with Crippen LogP contribution in [0.4, 0.5) is 0 Å². The van der Waals surface area contributed by atoms with Crippen LogP contribution in [0.2, 0.25) is 0 Å². The molecule has 0 aliphatic heterocycles. The molecule has 318 valence electrons. The van der Waals surface area contributed by atoms with E-state index in [2.05, 4.69) is 84.5 Å². The average molecular weight is 859 g/mol. The van der Waals surface area contributed by atoms with Gasteiger partial charge in [0.2, 0.25) is 11.6 Å². The Morgan fingerprint density at radius 3 is 0.948 bits per heavy atom. The summed E-state index contributed by atoms with van der Waals surface area (Å²) in [4.78, 5) is 10.7. The summed E-state index contributed by atoms with van der Waals surface area (Å²) in [7, 11) is 0. The highest BCUT2D eigenvalue weighted by Crippen LogP contribution is 2.41. The number of aryl methyl sites for hydroxylation is 4. The second kappa shape index (κ2) is 27.6. The maximum absolute atomic E-state index is 4.62. The minimum absolute atomic E-state index is 0.616. The Labute approximate surface area is 369 Å². The molecule has 0 aliphatic rings. The van der Waals surface area contributed by atoms with Crippen LogP contribution in [0.15, 0.2) is 36.4 Å². The van der Waals surface area contributed by atoms with Crippen molar-refractivity contribution in [2.75, 3.05) is 0 Å². The van der Waals surface area contributed by atoms with Crippen molar-refractivity contribution in [2.24, 2.45) is 0 Å². The van der Waals surface area contributed by atoms with E-state index < -0.39 is 0 Å². The first-order valence-electron chi connectivity index (χ1n) is 23.6. The third kappa shape index (κ3) is 15.6. The molecule has 0 aromatic carbocycles. The Morgan fingerprint density at radius 1 is 0.310 bits per heavy atom. The molecule has 0 saturated carbocycles. The summed E-state index contributed by atoms with van der Waals surface area (Å²) < 4.78 is 0. The van der Waals surface area contributed by atoms with E-state index in [4.69, 9.17) is 0 Å². The summed E-state index contributed by atoms with van der Waals surface area (Å²) in [5, 5.41) is 18.5. The summed E-state index contributed by atoms with van der Waals surface area (Å²) >= 11 is 7.58. The van der Waals surface area contributed by atoms with E-state index in [9.17, 15) is 0 Å². The van der Waals surface area contributed by atoms with Crippen LogP contribution < -0.4 is 0 Å². The van der Waals surface area contributed by atoms with Gasteiger partial charge in [0.25, 0.3) is 0 Å². The molecule has 8 heteroatoms. The van der Waals surface area contributed by atoms with Gasteiger partial charge in [0.05, 0.1) is 9.75 Å². The molecule has 4 nitrogen and oxygen atoms in total. The largest absolute Gasteiger partial charge is 0.213 e. The fourth-order valence-corrected chi connectivity index (χ4v) is 12.5. The second-order valence-corrected chi connectivity index (χ2v) is 21.0. The second-order valence-electron chi connectivity index (χ2n) is 16.6. The Hall–Kier alpha value is -2.26. The van der Waals surface area contributed by atoms with Gasteiger partial charge in [-0.25, -0.2) is 0 Å².